The molecule has 0 N–H and O–H groups in total. The van der Waals surface area contributed by atoms with Crippen molar-refractivity contribution in [3.8, 4) is 11.4 Å². The summed E-state index contributed by atoms with van der Waals surface area (Å²) in [6, 6.07) is 13.4. The SMILES string of the molecule is COc1cccc(N2CC(C(=O)N3CCN(Cc4nnnn4-c4cccc(F)c4)CC3)CC2=O)c1. The number of rotatable bonds is 6. The second-order valence-electron chi connectivity index (χ2n) is 8.70. The zero-order chi connectivity index (χ0) is 24.4. The lowest BCUT2D eigenvalue weighted by molar-refractivity contribution is -0.137. The van der Waals surface area contributed by atoms with Crippen molar-refractivity contribution in [1.29, 1.82) is 0 Å². The van der Waals surface area contributed by atoms with Gasteiger partial charge >= 0.3 is 0 Å². The lowest BCUT2D eigenvalue weighted by Crippen LogP contribution is -2.50. The largest absolute Gasteiger partial charge is 0.497 e. The number of hydrogen-bond donors (Lipinski definition) is 0. The minimum absolute atomic E-state index is 0.00740. The number of carbonyl (C=O) groups is 2. The zero-order valence-electron chi connectivity index (χ0n) is 19.4. The highest BCUT2D eigenvalue weighted by atomic mass is 19.1. The van der Waals surface area contributed by atoms with E-state index in [2.05, 4.69) is 20.4 Å². The summed E-state index contributed by atoms with van der Waals surface area (Å²) in [6.07, 6.45) is 0.207. The third-order valence-electron chi connectivity index (χ3n) is 6.48. The summed E-state index contributed by atoms with van der Waals surface area (Å²) >= 11 is 0. The molecule has 0 spiro atoms. The van der Waals surface area contributed by atoms with Crippen molar-refractivity contribution >= 4 is 17.5 Å². The first-order valence-electron chi connectivity index (χ1n) is 11.5. The Morgan fingerprint density at radius 3 is 2.63 bits per heavy atom. The first-order chi connectivity index (χ1) is 17.0. The highest BCUT2D eigenvalue weighted by Gasteiger charge is 2.38. The van der Waals surface area contributed by atoms with E-state index in [1.54, 1.807) is 30.2 Å². The molecule has 2 saturated heterocycles. The van der Waals surface area contributed by atoms with Crippen LogP contribution in [0.2, 0.25) is 0 Å². The van der Waals surface area contributed by atoms with Gasteiger partial charge in [-0.2, -0.15) is 4.68 Å². The van der Waals surface area contributed by atoms with Crippen LogP contribution >= 0.6 is 0 Å². The number of methoxy groups -OCH3 is 1. The molecule has 10 nitrogen and oxygen atoms in total. The third kappa shape index (κ3) is 4.85. The number of anilines is 1. The van der Waals surface area contributed by atoms with Gasteiger partial charge in [0.2, 0.25) is 11.8 Å². The molecule has 2 aliphatic rings. The van der Waals surface area contributed by atoms with Crippen LogP contribution in [0.1, 0.15) is 12.2 Å². The van der Waals surface area contributed by atoms with Crippen molar-refractivity contribution in [2.24, 2.45) is 5.92 Å². The summed E-state index contributed by atoms with van der Waals surface area (Å²) < 4.78 is 20.4. The molecule has 11 heteroatoms. The van der Waals surface area contributed by atoms with Crippen molar-refractivity contribution in [1.82, 2.24) is 30.0 Å². The highest BCUT2D eigenvalue weighted by molar-refractivity contribution is 6.00. The molecule has 3 heterocycles. The summed E-state index contributed by atoms with van der Waals surface area (Å²) in [5, 5.41) is 11.8. The van der Waals surface area contributed by atoms with Crippen LogP contribution in [-0.4, -0.2) is 81.7 Å². The average molecular weight is 480 g/mol. The predicted octanol–water partition coefficient (Wildman–Crippen LogP) is 1.51. The number of aromatic nitrogens is 4. The van der Waals surface area contributed by atoms with Gasteiger partial charge in [-0.3, -0.25) is 14.5 Å². The molecule has 1 aromatic heterocycles. The Hall–Kier alpha value is -3.86. The Bertz CT molecular complexity index is 1230. The Balaban J connectivity index is 1.17. The van der Waals surface area contributed by atoms with Crippen molar-refractivity contribution < 1.29 is 18.7 Å². The number of amides is 2. The molecule has 2 fully saturated rings. The van der Waals surface area contributed by atoms with Crippen LogP contribution in [0.4, 0.5) is 10.1 Å². The number of ether oxygens (including phenoxy) is 1. The molecule has 1 atom stereocenters. The maximum atomic E-state index is 13.6. The van der Waals surface area contributed by atoms with Gasteiger partial charge in [0, 0.05) is 50.9 Å². The molecule has 0 bridgehead atoms. The number of carbonyl (C=O) groups excluding carboxylic acids is 2. The van der Waals surface area contributed by atoms with E-state index in [1.807, 2.05) is 23.1 Å². The molecular formula is C24H26FN7O3. The van der Waals surface area contributed by atoms with Gasteiger partial charge in [0.15, 0.2) is 5.82 Å². The quantitative estimate of drug-likeness (QED) is 0.529. The van der Waals surface area contributed by atoms with Gasteiger partial charge in [0.05, 0.1) is 25.3 Å². The van der Waals surface area contributed by atoms with Crippen molar-refractivity contribution in [3.63, 3.8) is 0 Å². The molecule has 0 aliphatic carbocycles. The van der Waals surface area contributed by atoms with Crippen LogP contribution in [-0.2, 0) is 16.1 Å². The van der Waals surface area contributed by atoms with E-state index in [4.69, 9.17) is 4.74 Å². The molecule has 1 unspecified atom stereocenters. The molecular weight excluding hydrogens is 453 g/mol. The van der Waals surface area contributed by atoms with E-state index in [1.165, 1.54) is 16.8 Å². The first-order valence-corrected chi connectivity index (χ1v) is 11.5. The Morgan fingerprint density at radius 1 is 1.09 bits per heavy atom. The Kier molecular flexibility index (Phi) is 6.41. The minimum Gasteiger partial charge on any atom is -0.497 e. The van der Waals surface area contributed by atoms with Gasteiger partial charge in [-0.15, -0.1) is 5.10 Å². The summed E-state index contributed by atoms with van der Waals surface area (Å²) in [5.74, 6) is 0.509. The van der Waals surface area contributed by atoms with Crippen LogP contribution in [0.25, 0.3) is 5.69 Å². The van der Waals surface area contributed by atoms with E-state index in [9.17, 15) is 14.0 Å². The Morgan fingerprint density at radius 2 is 1.86 bits per heavy atom. The number of nitrogens with zero attached hydrogens (tertiary/aromatic N) is 7. The summed E-state index contributed by atoms with van der Waals surface area (Å²) in [6.45, 7) is 3.28. The predicted molar refractivity (Wildman–Crippen MR) is 124 cm³/mol. The maximum Gasteiger partial charge on any atom is 0.228 e. The standard InChI is InChI=1S/C24H26FN7O3/c1-35-21-7-3-5-19(14-21)31-15-17(12-23(31)33)24(34)30-10-8-29(9-11-30)16-22-26-27-28-32(22)20-6-2-4-18(25)13-20/h2-7,13-14,17H,8-12,15-16H2,1H3. The summed E-state index contributed by atoms with van der Waals surface area (Å²) in [5.41, 5.74) is 1.30. The van der Waals surface area contributed by atoms with Crippen molar-refractivity contribution in [3.05, 3.63) is 60.2 Å². The zero-order valence-corrected chi connectivity index (χ0v) is 19.4. The van der Waals surface area contributed by atoms with Crippen molar-refractivity contribution in [2.75, 3.05) is 44.7 Å². The van der Waals surface area contributed by atoms with Gasteiger partial charge in [-0.25, -0.2) is 4.39 Å². The fraction of sp³-hybridized carbons (Fsp3) is 0.375. The van der Waals surface area contributed by atoms with Crippen LogP contribution in [0.3, 0.4) is 0 Å². The molecule has 5 rings (SSSR count). The molecule has 3 aromatic rings. The number of hydrogen-bond acceptors (Lipinski definition) is 7. The maximum absolute atomic E-state index is 13.6. The molecule has 182 valence electrons. The van der Waals surface area contributed by atoms with Gasteiger partial charge in [0.25, 0.3) is 0 Å². The third-order valence-corrected chi connectivity index (χ3v) is 6.48. The number of piperazine rings is 1. The first kappa shape index (κ1) is 22.9. The van der Waals surface area contributed by atoms with Crippen LogP contribution in [0.15, 0.2) is 48.5 Å². The molecule has 2 amide bonds. The monoisotopic (exact) mass is 479 g/mol. The lowest BCUT2D eigenvalue weighted by atomic mass is 10.1. The topological polar surface area (TPSA) is 96.7 Å². The lowest BCUT2D eigenvalue weighted by Gasteiger charge is -2.35. The molecule has 35 heavy (non-hydrogen) atoms. The Labute approximate surface area is 201 Å². The number of tetrazole rings is 1. The fourth-order valence-electron chi connectivity index (χ4n) is 4.60. The molecule has 2 aliphatic heterocycles. The molecule has 0 radical (unpaired) electrons. The van der Waals surface area contributed by atoms with Gasteiger partial charge in [-0.1, -0.05) is 12.1 Å². The van der Waals surface area contributed by atoms with E-state index in [0.717, 1.165) is 5.69 Å². The van der Waals surface area contributed by atoms with Crippen LogP contribution in [0, 0.1) is 11.7 Å². The van der Waals surface area contributed by atoms with Crippen LogP contribution in [0.5, 0.6) is 5.75 Å². The normalized spacial score (nSPS) is 18.8. The van der Waals surface area contributed by atoms with Crippen LogP contribution < -0.4 is 9.64 Å². The second kappa shape index (κ2) is 9.79. The second-order valence-corrected chi connectivity index (χ2v) is 8.70. The minimum atomic E-state index is -0.361. The van der Waals surface area contributed by atoms with Gasteiger partial charge in [0.1, 0.15) is 11.6 Å². The molecule has 2 aromatic carbocycles. The van der Waals surface area contributed by atoms with Gasteiger partial charge in [-0.05, 0) is 40.8 Å². The van der Waals surface area contributed by atoms with Crippen molar-refractivity contribution in [2.45, 2.75) is 13.0 Å². The van der Waals surface area contributed by atoms with E-state index >= 15 is 0 Å². The summed E-state index contributed by atoms with van der Waals surface area (Å²) in [4.78, 5) is 31.5. The van der Waals surface area contributed by atoms with E-state index in [-0.39, 0.29) is 30.0 Å². The highest BCUT2D eigenvalue weighted by Crippen LogP contribution is 2.29. The number of benzene rings is 2. The van der Waals surface area contributed by atoms with Gasteiger partial charge < -0.3 is 14.5 Å². The molecule has 0 saturated carbocycles. The summed E-state index contributed by atoms with van der Waals surface area (Å²) in [7, 11) is 1.58. The van der Waals surface area contributed by atoms with E-state index in [0.29, 0.717) is 56.5 Å². The van der Waals surface area contributed by atoms with E-state index < -0.39 is 0 Å². The number of halogens is 1. The smallest absolute Gasteiger partial charge is 0.228 e. The fourth-order valence-corrected chi connectivity index (χ4v) is 4.60. The average Bonchev–Trinajstić information content (AvgIpc) is 3.50.